The molecule has 2 aromatic rings. The van der Waals surface area contributed by atoms with Crippen LogP contribution in [0.25, 0.3) is 0 Å². The highest BCUT2D eigenvalue weighted by atomic mass is 16.7. The predicted octanol–water partition coefficient (Wildman–Crippen LogP) is 2.84. The summed E-state index contributed by atoms with van der Waals surface area (Å²) in [6.45, 7) is 1.95. The summed E-state index contributed by atoms with van der Waals surface area (Å²) >= 11 is 0. The van der Waals surface area contributed by atoms with Crippen LogP contribution in [0.4, 0.5) is 5.69 Å². The van der Waals surface area contributed by atoms with Crippen molar-refractivity contribution in [2.45, 2.75) is 25.4 Å². The Morgan fingerprint density at radius 3 is 2.46 bits per heavy atom. The van der Waals surface area contributed by atoms with Gasteiger partial charge in [0.05, 0.1) is 32.0 Å². The van der Waals surface area contributed by atoms with E-state index in [4.69, 9.17) is 14.3 Å². The van der Waals surface area contributed by atoms with Gasteiger partial charge in [0.2, 0.25) is 11.5 Å². The minimum absolute atomic E-state index is 0.0504. The van der Waals surface area contributed by atoms with Crippen molar-refractivity contribution in [1.82, 2.24) is 0 Å². The van der Waals surface area contributed by atoms with Crippen LogP contribution in [0.1, 0.15) is 24.0 Å². The molecule has 0 aromatic heterocycles. The molecule has 7 heteroatoms. The van der Waals surface area contributed by atoms with E-state index in [1.54, 1.807) is 44.6 Å². The Labute approximate surface area is 162 Å². The molecule has 2 aliphatic heterocycles. The lowest BCUT2D eigenvalue weighted by Crippen LogP contribution is -2.40. The molecule has 0 radical (unpaired) electrons. The molecule has 28 heavy (non-hydrogen) atoms. The maximum Gasteiger partial charge on any atom is 0.281 e. The Hall–Kier alpha value is -3.35. The molecule has 0 saturated carbocycles. The predicted molar refractivity (Wildman–Crippen MR) is 103 cm³/mol. The lowest BCUT2D eigenvalue weighted by Gasteiger charge is -2.19. The van der Waals surface area contributed by atoms with Gasteiger partial charge in [-0.15, -0.1) is 0 Å². The van der Waals surface area contributed by atoms with Crippen molar-refractivity contribution < 1.29 is 23.9 Å². The number of ether oxygens (including phenoxy) is 2. The average Bonchev–Trinajstić information content (AvgIpc) is 3.23. The molecule has 1 fully saturated rings. The first-order valence-electron chi connectivity index (χ1n) is 8.89. The lowest BCUT2D eigenvalue weighted by atomic mass is 9.92. The van der Waals surface area contributed by atoms with Crippen molar-refractivity contribution >= 4 is 23.2 Å². The number of methoxy groups -OCH3 is 2. The van der Waals surface area contributed by atoms with E-state index in [-0.39, 0.29) is 18.7 Å². The van der Waals surface area contributed by atoms with E-state index < -0.39 is 11.5 Å². The highest BCUT2D eigenvalue weighted by molar-refractivity contribution is 6.26. The third-order valence-electron chi connectivity index (χ3n) is 5.07. The zero-order chi connectivity index (χ0) is 19.9. The largest absolute Gasteiger partial charge is 0.497 e. The van der Waals surface area contributed by atoms with E-state index in [1.807, 2.05) is 19.1 Å². The van der Waals surface area contributed by atoms with E-state index in [1.165, 1.54) is 4.90 Å². The standard InChI is InChI=1S/C21H20N2O5/c1-13-4-6-14(7-5-13)23-19(24)12-21(20(23)25)11-17(22-28-21)16-9-8-15(26-2)10-18(16)27-3/h4-10H,11-12H2,1-3H3/t21-/m0/s1. The molecule has 7 nitrogen and oxygen atoms in total. The summed E-state index contributed by atoms with van der Waals surface area (Å²) in [5.41, 5.74) is 1.55. The Morgan fingerprint density at radius 2 is 1.79 bits per heavy atom. The Morgan fingerprint density at radius 1 is 1.04 bits per heavy atom. The fourth-order valence-electron chi connectivity index (χ4n) is 3.54. The Bertz CT molecular complexity index is 983. The SMILES string of the molecule is COc1ccc(C2=NO[C@]3(CC(=O)N(c4ccc(C)cc4)C3=O)C2)c(OC)c1. The fourth-order valence-corrected chi connectivity index (χ4v) is 3.54. The van der Waals surface area contributed by atoms with Crippen LogP contribution in [0.2, 0.25) is 0 Å². The molecule has 4 rings (SSSR count). The Balaban J connectivity index is 1.61. The second-order valence-electron chi connectivity index (χ2n) is 6.91. The van der Waals surface area contributed by atoms with Crippen LogP contribution in [0, 0.1) is 6.92 Å². The number of nitrogens with zero attached hydrogens (tertiary/aromatic N) is 2. The van der Waals surface area contributed by atoms with Gasteiger partial charge in [-0.05, 0) is 31.2 Å². The van der Waals surface area contributed by atoms with Crippen molar-refractivity contribution in [3.05, 3.63) is 53.6 Å². The van der Waals surface area contributed by atoms with Gasteiger partial charge in [0.15, 0.2) is 0 Å². The zero-order valence-corrected chi connectivity index (χ0v) is 15.9. The fraction of sp³-hybridized carbons (Fsp3) is 0.286. The summed E-state index contributed by atoms with van der Waals surface area (Å²) in [6.07, 6.45) is 0.147. The molecule has 1 saturated heterocycles. The van der Waals surface area contributed by atoms with Gasteiger partial charge in [0.25, 0.3) is 5.91 Å². The van der Waals surface area contributed by atoms with Crippen molar-refractivity contribution in [3.63, 3.8) is 0 Å². The first-order valence-corrected chi connectivity index (χ1v) is 8.89. The molecular weight excluding hydrogens is 360 g/mol. The molecule has 0 bridgehead atoms. The minimum Gasteiger partial charge on any atom is -0.497 e. The lowest BCUT2D eigenvalue weighted by molar-refractivity contribution is -0.136. The molecule has 2 aromatic carbocycles. The summed E-state index contributed by atoms with van der Waals surface area (Å²) < 4.78 is 10.6. The number of carbonyl (C=O) groups is 2. The quantitative estimate of drug-likeness (QED) is 0.763. The number of aryl methyl sites for hydroxylation is 1. The van der Waals surface area contributed by atoms with E-state index in [0.29, 0.717) is 28.5 Å². The number of oxime groups is 1. The number of imide groups is 1. The van der Waals surface area contributed by atoms with Gasteiger partial charge in [0, 0.05) is 18.1 Å². The molecule has 1 spiro atoms. The second kappa shape index (κ2) is 6.67. The van der Waals surface area contributed by atoms with Crippen molar-refractivity contribution in [2.24, 2.45) is 5.16 Å². The van der Waals surface area contributed by atoms with Crippen LogP contribution in [-0.2, 0) is 14.4 Å². The number of anilines is 1. The molecule has 1 atom stereocenters. The highest BCUT2D eigenvalue weighted by Gasteiger charge is 2.58. The monoisotopic (exact) mass is 380 g/mol. The first-order chi connectivity index (χ1) is 13.5. The average molecular weight is 380 g/mol. The van der Waals surface area contributed by atoms with Crippen LogP contribution in [0.3, 0.4) is 0 Å². The number of amides is 2. The van der Waals surface area contributed by atoms with Crippen LogP contribution < -0.4 is 14.4 Å². The molecule has 2 aliphatic rings. The van der Waals surface area contributed by atoms with Gasteiger partial charge < -0.3 is 14.3 Å². The summed E-state index contributed by atoms with van der Waals surface area (Å²) in [4.78, 5) is 32.5. The molecule has 2 heterocycles. The third-order valence-corrected chi connectivity index (χ3v) is 5.07. The number of hydrogen-bond acceptors (Lipinski definition) is 6. The second-order valence-corrected chi connectivity index (χ2v) is 6.91. The van der Waals surface area contributed by atoms with Crippen molar-refractivity contribution in [2.75, 3.05) is 19.1 Å². The zero-order valence-electron chi connectivity index (χ0n) is 15.9. The maximum absolute atomic E-state index is 13.1. The van der Waals surface area contributed by atoms with Gasteiger partial charge >= 0.3 is 0 Å². The van der Waals surface area contributed by atoms with Gasteiger partial charge in [-0.1, -0.05) is 22.9 Å². The molecule has 144 valence electrons. The van der Waals surface area contributed by atoms with Gasteiger partial charge in [-0.2, -0.15) is 0 Å². The Kier molecular flexibility index (Phi) is 4.30. The van der Waals surface area contributed by atoms with Gasteiger partial charge in [0.1, 0.15) is 11.5 Å². The van der Waals surface area contributed by atoms with Crippen LogP contribution in [0.5, 0.6) is 11.5 Å². The number of carbonyl (C=O) groups excluding carboxylic acids is 2. The van der Waals surface area contributed by atoms with E-state index in [2.05, 4.69) is 5.16 Å². The van der Waals surface area contributed by atoms with E-state index >= 15 is 0 Å². The normalized spacial score (nSPS) is 21.1. The number of hydrogen-bond donors (Lipinski definition) is 0. The van der Waals surface area contributed by atoms with Gasteiger partial charge in [-0.25, -0.2) is 4.90 Å². The molecular formula is C21H20N2O5. The number of benzene rings is 2. The number of rotatable bonds is 4. The molecule has 2 amide bonds. The summed E-state index contributed by atoms with van der Waals surface area (Å²) in [5, 5.41) is 4.13. The van der Waals surface area contributed by atoms with Crippen LogP contribution in [0.15, 0.2) is 47.6 Å². The topological polar surface area (TPSA) is 77.4 Å². The molecule has 0 N–H and O–H groups in total. The van der Waals surface area contributed by atoms with Crippen molar-refractivity contribution in [3.8, 4) is 11.5 Å². The summed E-state index contributed by atoms with van der Waals surface area (Å²) in [7, 11) is 3.12. The third kappa shape index (κ3) is 2.79. The van der Waals surface area contributed by atoms with Gasteiger partial charge in [-0.3, -0.25) is 9.59 Å². The van der Waals surface area contributed by atoms with E-state index in [0.717, 1.165) is 5.56 Å². The smallest absolute Gasteiger partial charge is 0.281 e. The van der Waals surface area contributed by atoms with Crippen LogP contribution >= 0.6 is 0 Å². The minimum atomic E-state index is -1.30. The maximum atomic E-state index is 13.1. The van der Waals surface area contributed by atoms with Crippen molar-refractivity contribution in [1.29, 1.82) is 0 Å². The summed E-state index contributed by atoms with van der Waals surface area (Å²) in [5.74, 6) is 0.512. The first kappa shape index (κ1) is 18.0. The van der Waals surface area contributed by atoms with E-state index in [9.17, 15) is 9.59 Å². The molecule has 0 unspecified atom stereocenters. The molecule has 0 aliphatic carbocycles. The highest BCUT2D eigenvalue weighted by Crippen LogP contribution is 2.40. The van der Waals surface area contributed by atoms with Crippen LogP contribution in [-0.4, -0.2) is 37.3 Å². The summed E-state index contributed by atoms with van der Waals surface area (Å²) in [6, 6.07) is 12.6.